The number of anilines is 1. The third-order valence-corrected chi connectivity index (χ3v) is 2.56. The Hall–Kier alpha value is -2.08. The summed E-state index contributed by atoms with van der Waals surface area (Å²) in [7, 11) is 0. The van der Waals surface area contributed by atoms with Gasteiger partial charge in [-0.25, -0.2) is 4.98 Å². The second-order valence-corrected chi connectivity index (χ2v) is 4.22. The van der Waals surface area contributed by atoms with Crippen molar-refractivity contribution in [2.24, 2.45) is 5.10 Å². The lowest BCUT2D eigenvalue weighted by Crippen LogP contribution is -2.04. The maximum absolute atomic E-state index is 12.4. The minimum atomic E-state index is -4.33. The minimum absolute atomic E-state index is 0.319. The number of rotatable bonds is 3. The molecule has 0 fully saturated rings. The lowest BCUT2D eigenvalue weighted by atomic mass is 10.1. The molecule has 0 aliphatic heterocycles. The van der Waals surface area contributed by atoms with Crippen LogP contribution in [-0.2, 0) is 6.18 Å². The van der Waals surface area contributed by atoms with E-state index in [0.717, 1.165) is 12.1 Å². The molecule has 0 radical (unpaired) electrons. The lowest BCUT2D eigenvalue weighted by molar-refractivity contribution is -0.137. The number of benzene rings is 1. The van der Waals surface area contributed by atoms with Crippen molar-refractivity contribution in [3.05, 3.63) is 58.7 Å². The summed E-state index contributed by atoms with van der Waals surface area (Å²) < 4.78 is 37.1. The molecule has 3 nitrogen and oxygen atoms in total. The van der Waals surface area contributed by atoms with Gasteiger partial charge in [-0.15, -0.1) is 0 Å². The van der Waals surface area contributed by atoms with Crippen molar-refractivity contribution in [2.75, 3.05) is 5.43 Å². The zero-order valence-electron chi connectivity index (χ0n) is 10.0. The topological polar surface area (TPSA) is 37.3 Å². The van der Waals surface area contributed by atoms with Crippen molar-refractivity contribution in [1.29, 1.82) is 0 Å². The molecule has 0 spiro atoms. The van der Waals surface area contributed by atoms with E-state index in [2.05, 4.69) is 15.5 Å². The van der Waals surface area contributed by atoms with Crippen molar-refractivity contribution in [3.63, 3.8) is 0 Å². The number of halogens is 4. The summed E-state index contributed by atoms with van der Waals surface area (Å²) in [6.45, 7) is 0. The van der Waals surface area contributed by atoms with Gasteiger partial charge in [0.15, 0.2) is 0 Å². The number of nitrogens with zero attached hydrogens (tertiary/aromatic N) is 2. The maximum atomic E-state index is 12.4. The Kier molecular flexibility index (Phi) is 4.24. The minimum Gasteiger partial charge on any atom is -0.261 e. The molecule has 0 amide bonds. The zero-order chi connectivity index (χ0) is 14.6. The van der Waals surface area contributed by atoms with Crippen molar-refractivity contribution in [1.82, 2.24) is 4.98 Å². The molecule has 0 aliphatic rings. The lowest BCUT2D eigenvalue weighted by Gasteiger charge is -2.05. The molecule has 0 aliphatic carbocycles. The number of hydrazone groups is 1. The molecular weight excluding hydrogens is 291 g/mol. The van der Waals surface area contributed by atoms with Gasteiger partial charge in [-0.1, -0.05) is 29.8 Å². The van der Waals surface area contributed by atoms with E-state index < -0.39 is 11.7 Å². The van der Waals surface area contributed by atoms with E-state index in [1.54, 1.807) is 18.2 Å². The Balaban J connectivity index is 2.01. The predicted octanol–water partition coefficient (Wildman–Crippen LogP) is 4.20. The number of nitrogens with one attached hydrogen (secondary N) is 1. The summed E-state index contributed by atoms with van der Waals surface area (Å²) >= 11 is 5.69. The van der Waals surface area contributed by atoms with Crippen molar-refractivity contribution in [2.45, 2.75) is 6.18 Å². The average molecular weight is 300 g/mol. The van der Waals surface area contributed by atoms with Crippen LogP contribution in [0.5, 0.6) is 0 Å². The molecule has 0 saturated carbocycles. The summed E-state index contributed by atoms with van der Waals surface area (Å²) in [5.41, 5.74) is 2.47. The molecule has 0 unspecified atom stereocenters. The standard InChI is InChI=1S/C13H9ClF3N3/c14-11-2-1-3-12(19-11)20-18-8-9-4-6-10(7-5-9)13(15,16)17/h1-8H,(H,19,20)/b18-8+. The fraction of sp³-hybridized carbons (Fsp3) is 0.0769. The Morgan fingerprint density at radius 3 is 2.40 bits per heavy atom. The molecule has 1 aromatic carbocycles. The molecule has 0 saturated heterocycles. The van der Waals surface area contributed by atoms with Crippen LogP contribution in [0.3, 0.4) is 0 Å². The van der Waals surface area contributed by atoms with E-state index >= 15 is 0 Å². The molecule has 104 valence electrons. The van der Waals surface area contributed by atoms with Crippen molar-refractivity contribution in [3.8, 4) is 0 Å². The molecule has 20 heavy (non-hydrogen) atoms. The number of alkyl halides is 3. The summed E-state index contributed by atoms with van der Waals surface area (Å²) in [6.07, 6.45) is -2.94. The van der Waals surface area contributed by atoms with E-state index in [1.165, 1.54) is 18.3 Å². The predicted molar refractivity (Wildman–Crippen MR) is 71.9 cm³/mol. The van der Waals surface area contributed by atoms with Gasteiger partial charge >= 0.3 is 6.18 Å². The highest BCUT2D eigenvalue weighted by molar-refractivity contribution is 6.29. The molecule has 1 heterocycles. The molecule has 2 aromatic rings. The summed E-state index contributed by atoms with van der Waals surface area (Å²) in [6, 6.07) is 9.64. The van der Waals surface area contributed by atoms with Gasteiger partial charge < -0.3 is 0 Å². The number of hydrogen-bond acceptors (Lipinski definition) is 3. The van der Waals surface area contributed by atoms with Crippen LogP contribution < -0.4 is 5.43 Å². The van der Waals surface area contributed by atoms with E-state index in [4.69, 9.17) is 11.6 Å². The quantitative estimate of drug-likeness (QED) is 0.524. The summed E-state index contributed by atoms with van der Waals surface area (Å²) in [5.74, 6) is 0.445. The first-order valence-corrected chi connectivity index (χ1v) is 5.92. The third-order valence-electron chi connectivity index (χ3n) is 2.35. The van der Waals surface area contributed by atoms with Gasteiger partial charge in [0.05, 0.1) is 11.8 Å². The van der Waals surface area contributed by atoms with Gasteiger partial charge in [-0.2, -0.15) is 18.3 Å². The molecule has 0 bridgehead atoms. The number of hydrogen-bond donors (Lipinski definition) is 1. The first kappa shape index (κ1) is 14.3. The Labute approximate surface area is 118 Å². The highest BCUT2D eigenvalue weighted by Crippen LogP contribution is 2.28. The number of pyridine rings is 1. The Morgan fingerprint density at radius 2 is 1.80 bits per heavy atom. The monoisotopic (exact) mass is 299 g/mol. The van der Waals surface area contributed by atoms with Gasteiger partial charge in [0, 0.05) is 0 Å². The fourth-order valence-electron chi connectivity index (χ4n) is 1.40. The Bertz CT molecular complexity index is 609. The molecule has 2 rings (SSSR count). The van der Waals surface area contributed by atoms with Crippen LogP contribution in [0, 0.1) is 0 Å². The van der Waals surface area contributed by atoms with E-state index in [-0.39, 0.29) is 0 Å². The second kappa shape index (κ2) is 5.92. The molecular formula is C13H9ClF3N3. The van der Waals surface area contributed by atoms with Gasteiger partial charge in [-0.05, 0) is 29.8 Å². The highest BCUT2D eigenvalue weighted by Gasteiger charge is 2.29. The Morgan fingerprint density at radius 1 is 1.10 bits per heavy atom. The third kappa shape index (κ3) is 3.96. The molecule has 1 aromatic heterocycles. The smallest absolute Gasteiger partial charge is 0.261 e. The fourth-order valence-corrected chi connectivity index (χ4v) is 1.57. The first-order chi connectivity index (χ1) is 9.45. The summed E-state index contributed by atoms with van der Waals surface area (Å²) in [4.78, 5) is 3.94. The first-order valence-electron chi connectivity index (χ1n) is 5.54. The second-order valence-electron chi connectivity index (χ2n) is 3.84. The van der Waals surface area contributed by atoms with Crippen LogP contribution >= 0.6 is 11.6 Å². The summed E-state index contributed by atoms with van der Waals surface area (Å²) in [5, 5.41) is 4.19. The van der Waals surface area contributed by atoms with Gasteiger partial charge in [0.25, 0.3) is 0 Å². The average Bonchev–Trinajstić information content (AvgIpc) is 2.38. The van der Waals surface area contributed by atoms with E-state index in [1.807, 2.05) is 0 Å². The molecule has 7 heteroatoms. The highest BCUT2D eigenvalue weighted by atomic mass is 35.5. The van der Waals surface area contributed by atoms with E-state index in [0.29, 0.717) is 16.5 Å². The van der Waals surface area contributed by atoms with E-state index in [9.17, 15) is 13.2 Å². The molecule has 0 atom stereocenters. The van der Waals surface area contributed by atoms with Crippen LogP contribution in [0.4, 0.5) is 19.0 Å². The maximum Gasteiger partial charge on any atom is 0.416 e. The van der Waals surface area contributed by atoms with Gasteiger partial charge in [0.1, 0.15) is 11.0 Å². The van der Waals surface area contributed by atoms with Crippen LogP contribution in [0.2, 0.25) is 5.15 Å². The largest absolute Gasteiger partial charge is 0.416 e. The molecule has 1 N–H and O–H groups in total. The van der Waals surface area contributed by atoms with Crippen LogP contribution in [-0.4, -0.2) is 11.2 Å². The van der Waals surface area contributed by atoms with Crippen LogP contribution in [0.1, 0.15) is 11.1 Å². The van der Waals surface area contributed by atoms with Crippen molar-refractivity contribution < 1.29 is 13.2 Å². The normalized spacial score (nSPS) is 11.8. The van der Waals surface area contributed by atoms with Gasteiger partial charge in [-0.3, -0.25) is 5.43 Å². The van der Waals surface area contributed by atoms with Crippen LogP contribution in [0.15, 0.2) is 47.6 Å². The van der Waals surface area contributed by atoms with Crippen LogP contribution in [0.25, 0.3) is 0 Å². The zero-order valence-corrected chi connectivity index (χ0v) is 10.8. The van der Waals surface area contributed by atoms with Gasteiger partial charge in [0.2, 0.25) is 0 Å². The SMILES string of the molecule is FC(F)(F)c1ccc(/C=N/Nc2cccc(Cl)n2)cc1. The number of aromatic nitrogens is 1. The van der Waals surface area contributed by atoms with Crippen molar-refractivity contribution >= 4 is 23.6 Å².